The van der Waals surface area contributed by atoms with Gasteiger partial charge in [0.15, 0.2) is 10.7 Å². The summed E-state index contributed by atoms with van der Waals surface area (Å²) < 4.78 is 27.6. The minimum absolute atomic E-state index is 0.291. The number of nitrogens with one attached hydrogen (secondary N) is 1. The predicted octanol–water partition coefficient (Wildman–Crippen LogP) is 3.84. The zero-order chi connectivity index (χ0) is 21.8. The van der Waals surface area contributed by atoms with E-state index in [2.05, 4.69) is 19.8 Å². The molecule has 1 aliphatic heterocycles. The number of benzene rings is 2. The molecular formula is C21H21N5O4S. The van der Waals surface area contributed by atoms with E-state index >= 15 is 0 Å². The normalized spacial score (nSPS) is 14.3. The Kier molecular flexibility index (Phi) is 5.81. The summed E-state index contributed by atoms with van der Waals surface area (Å²) in [5.41, 5.74) is 1.27. The van der Waals surface area contributed by atoms with Gasteiger partial charge in [0.05, 0.1) is 10.6 Å². The largest absolute Gasteiger partial charge is 0.355 e. The maximum absolute atomic E-state index is 12.6. The van der Waals surface area contributed by atoms with Gasteiger partial charge in [-0.15, -0.1) is 10.2 Å². The Bertz CT molecular complexity index is 1180. The van der Waals surface area contributed by atoms with Crippen molar-refractivity contribution >= 4 is 27.2 Å². The van der Waals surface area contributed by atoms with Crippen molar-refractivity contribution in [3.8, 4) is 11.3 Å². The number of para-hydroxylation sites is 1. The van der Waals surface area contributed by atoms with Gasteiger partial charge in [0.1, 0.15) is 0 Å². The molecule has 160 valence electrons. The minimum atomic E-state index is -4.11. The van der Waals surface area contributed by atoms with Crippen molar-refractivity contribution in [2.45, 2.75) is 24.2 Å². The van der Waals surface area contributed by atoms with Crippen LogP contribution < -0.4 is 9.62 Å². The second-order valence-corrected chi connectivity index (χ2v) is 8.88. The summed E-state index contributed by atoms with van der Waals surface area (Å²) in [4.78, 5) is 12.3. The third-order valence-corrected chi connectivity index (χ3v) is 6.54. The number of rotatable bonds is 6. The molecule has 0 spiro atoms. The monoisotopic (exact) mass is 439 g/mol. The Labute approximate surface area is 179 Å². The fourth-order valence-electron chi connectivity index (χ4n) is 3.53. The molecule has 1 N–H and O–H groups in total. The molecule has 1 aliphatic rings. The Balaban J connectivity index is 1.50. The van der Waals surface area contributed by atoms with Gasteiger partial charge >= 0.3 is 0 Å². The highest BCUT2D eigenvalue weighted by molar-refractivity contribution is 7.92. The van der Waals surface area contributed by atoms with Crippen LogP contribution in [0.3, 0.4) is 0 Å². The molecule has 9 nitrogen and oxygen atoms in total. The first-order chi connectivity index (χ1) is 14.9. The molecule has 0 aliphatic carbocycles. The molecule has 1 fully saturated rings. The highest BCUT2D eigenvalue weighted by Gasteiger charge is 2.25. The predicted molar refractivity (Wildman–Crippen MR) is 117 cm³/mol. The lowest BCUT2D eigenvalue weighted by Gasteiger charge is -2.27. The number of hydrogen-bond acceptors (Lipinski definition) is 7. The first kappa shape index (κ1) is 20.7. The second kappa shape index (κ2) is 8.68. The molecule has 0 radical (unpaired) electrons. The van der Waals surface area contributed by atoms with E-state index in [9.17, 15) is 18.5 Å². The van der Waals surface area contributed by atoms with Crippen molar-refractivity contribution in [3.05, 3.63) is 70.8 Å². The molecule has 10 heteroatoms. The molecule has 2 aromatic carbocycles. The van der Waals surface area contributed by atoms with Crippen LogP contribution in [-0.4, -0.2) is 36.6 Å². The van der Waals surface area contributed by atoms with Crippen LogP contribution in [0.2, 0.25) is 0 Å². The maximum atomic E-state index is 12.6. The van der Waals surface area contributed by atoms with Crippen molar-refractivity contribution < 1.29 is 13.3 Å². The molecule has 0 bridgehead atoms. The zero-order valence-electron chi connectivity index (χ0n) is 16.6. The average molecular weight is 439 g/mol. The lowest BCUT2D eigenvalue weighted by Crippen LogP contribution is -2.30. The molecular weight excluding hydrogens is 418 g/mol. The van der Waals surface area contributed by atoms with Gasteiger partial charge in [-0.2, -0.15) is 0 Å². The van der Waals surface area contributed by atoms with Crippen LogP contribution in [0.25, 0.3) is 11.3 Å². The number of aromatic nitrogens is 2. The third kappa shape index (κ3) is 4.64. The number of hydrogen-bond donors (Lipinski definition) is 1. The molecule has 4 rings (SSSR count). The van der Waals surface area contributed by atoms with E-state index in [1.165, 1.54) is 24.6 Å². The lowest BCUT2D eigenvalue weighted by atomic mass is 10.1. The molecule has 2 heterocycles. The summed E-state index contributed by atoms with van der Waals surface area (Å²) in [6.07, 6.45) is 3.57. The van der Waals surface area contributed by atoms with E-state index in [0.717, 1.165) is 43.4 Å². The Morgan fingerprint density at radius 1 is 0.903 bits per heavy atom. The van der Waals surface area contributed by atoms with Crippen LogP contribution >= 0.6 is 0 Å². The summed E-state index contributed by atoms with van der Waals surface area (Å²) in [5, 5.41) is 19.8. The van der Waals surface area contributed by atoms with Gasteiger partial charge in [-0.3, -0.25) is 14.8 Å². The van der Waals surface area contributed by atoms with Gasteiger partial charge in [-0.05, 0) is 49.6 Å². The summed E-state index contributed by atoms with van der Waals surface area (Å²) in [6, 6.07) is 15.7. The van der Waals surface area contributed by atoms with Crippen LogP contribution in [0.15, 0.2) is 65.6 Å². The summed E-state index contributed by atoms with van der Waals surface area (Å²) in [5.74, 6) is 0.859. The van der Waals surface area contributed by atoms with Gasteiger partial charge in [-0.1, -0.05) is 24.3 Å². The van der Waals surface area contributed by atoms with E-state index in [4.69, 9.17) is 0 Å². The van der Waals surface area contributed by atoms with Crippen molar-refractivity contribution in [1.82, 2.24) is 10.2 Å². The Morgan fingerprint density at radius 2 is 1.61 bits per heavy atom. The van der Waals surface area contributed by atoms with Gasteiger partial charge in [0, 0.05) is 30.4 Å². The van der Waals surface area contributed by atoms with Crippen molar-refractivity contribution in [2.75, 3.05) is 22.7 Å². The zero-order valence-corrected chi connectivity index (χ0v) is 17.5. The van der Waals surface area contributed by atoms with Crippen molar-refractivity contribution in [1.29, 1.82) is 0 Å². The third-order valence-electron chi connectivity index (χ3n) is 5.11. The number of sulfonamides is 1. The fourth-order valence-corrected chi connectivity index (χ4v) is 4.76. The topological polar surface area (TPSA) is 118 Å². The van der Waals surface area contributed by atoms with E-state index in [-0.39, 0.29) is 4.90 Å². The van der Waals surface area contributed by atoms with Crippen LogP contribution in [0.1, 0.15) is 19.3 Å². The van der Waals surface area contributed by atoms with Gasteiger partial charge in [-0.25, -0.2) is 8.42 Å². The first-order valence-corrected chi connectivity index (χ1v) is 11.4. The molecule has 3 aromatic rings. The van der Waals surface area contributed by atoms with Gasteiger partial charge in [0.25, 0.3) is 15.7 Å². The number of anilines is 2. The second-order valence-electron chi connectivity index (χ2n) is 7.23. The highest BCUT2D eigenvalue weighted by atomic mass is 32.2. The van der Waals surface area contributed by atoms with E-state index < -0.39 is 20.6 Å². The van der Waals surface area contributed by atoms with Gasteiger partial charge in [0.2, 0.25) is 0 Å². The summed E-state index contributed by atoms with van der Waals surface area (Å²) in [6.45, 7) is 1.98. The maximum Gasteiger partial charge on any atom is 0.289 e. The fraction of sp³-hybridized carbons (Fsp3) is 0.238. The Hall–Kier alpha value is -3.53. The number of nitro groups is 1. The molecule has 0 saturated carbocycles. The molecule has 1 saturated heterocycles. The Morgan fingerprint density at radius 3 is 2.26 bits per heavy atom. The van der Waals surface area contributed by atoms with Crippen LogP contribution in [0.5, 0.6) is 0 Å². The molecule has 31 heavy (non-hydrogen) atoms. The van der Waals surface area contributed by atoms with Crippen LogP contribution in [0, 0.1) is 10.1 Å². The summed E-state index contributed by atoms with van der Waals surface area (Å²) >= 11 is 0. The quantitative estimate of drug-likeness (QED) is 0.458. The highest BCUT2D eigenvalue weighted by Crippen LogP contribution is 2.27. The van der Waals surface area contributed by atoms with E-state index in [1.807, 2.05) is 12.1 Å². The van der Waals surface area contributed by atoms with E-state index in [1.54, 1.807) is 24.3 Å². The van der Waals surface area contributed by atoms with Crippen molar-refractivity contribution in [2.24, 2.45) is 0 Å². The standard InChI is InChI=1S/C21H21N5O4S/c27-26(28)19-6-2-3-7-20(19)31(29,30)24-17-10-8-16(9-11-17)18-12-13-21(23-22-18)25-14-4-1-5-15-25/h2-3,6-13,24H,1,4-5,14-15H2. The lowest BCUT2D eigenvalue weighted by molar-refractivity contribution is -0.387. The van der Waals surface area contributed by atoms with Crippen LogP contribution in [0.4, 0.5) is 17.2 Å². The minimum Gasteiger partial charge on any atom is -0.355 e. The van der Waals surface area contributed by atoms with Gasteiger partial charge < -0.3 is 4.90 Å². The molecule has 1 aromatic heterocycles. The number of nitro benzene ring substituents is 1. The molecule has 0 unspecified atom stereocenters. The average Bonchev–Trinajstić information content (AvgIpc) is 2.80. The van der Waals surface area contributed by atoms with Crippen molar-refractivity contribution in [3.63, 3.8) is 0 Å². The SMILES string of the molecule is O=[N+]([O-])c1ccccc1S(=O)(=O)Nc1ccc(-c2ccc(N3CCCCC3)nn2)cc1. The smallest absolute Gasteiger partial charge is 0.289 e. The first-order valence-electron chi connectivity index (χ1n) is 9.89. The van der Waals surface area contributed by atoms with E-state index in [0.29, 0.717) is 11.4 Å². The molecule has 0 amide bonds. The van der Waals surface area contributed by atoms with Crippen LogP contribution in [-0.2, 0) is 10.0 Å². The number of nitrogens with zero attached hydrogens (tertiary/aromatic N) is 4. The summed E-state index contributed by atoms with van der Waals surface area (Å²) in [7, 11) is -4.11. The molecule has 0 atom stereocenters. The number of piperidine rings is 1.